The lowest BCUT2D eigenvalue weighted by Crippen LogP contribution is -2.08. The molecule has 18 heavy (non-hydrogen) atoms. The number of halogens is 1. The lowest BCUT2D eigenvalue weighted by molar-refractivity contribution is 0.909. The zero-order valence-electron chi connectivity index (χ0n) is 10.3. The molecule has 2 aromatic carbocycles. The third kappa shape index (κ3) is 5.11. The smallest absolute Gasteiger partial charge is 0.0340 e. The van der Waals surface area contributed by atoms with Gasteiger partial charge < -0.3 is 10.6 Å². The number of benzene rings is 2. The zero-order valence-corrected chi connectivity index (χ0v) is 11.1. The van der Waals surface area contributed by atoms with Crippen LogP contribution in [0, 0.1) is 0 Å². The summed E-state index contributed by atoms with van der Waals surface area (Å²) >= 11 is 0. The molecule has 2 nitrogen and oxygen atoms in total. The van der Waals surface area contributed by atoms with Crippen molar-refractivity contribution in [1.29, 1.82) is 0 Å². The summed E-state index contributed by atoms with van der Waals surface area (Å²) in [6.07, 6.45) is 1.10. The van der Waals surface area contributed by atoms with Gasteiger partial charge in [-0.2, -0.15) is 0 Å². The van der Waals surface area contributed by atoms with Crippen LogP contribution in [0.2, 0.25) is 0 Å². The average Bonchev–Trinajstić information content (AvgIpc) is 2.41. The van der Waals surface area contributed by atoms with Crippen LogP contribution in [0.25, 0.3) is 0 Å². The summed E-state index contributed by atoms with van der Waals surface area (Å²) in [4.78, 5) is 0. The van der Waals surface area contributed by atoms with Gasteiger partial charge in [0.05, 0.1) is 0 Å². The molecule has 0 saturated heterocycles. The molecule has 2 N–H and O–H groups in total. The van der Waals surface area contributed by atoms with Gasteiger partial charge in [-0.1, -0.05) is 36.4 Å². The molecule has 2 rings (SSSR count). The molecule has 0 aliphatic heterocycles. The molecule has 0 spiro atoms. The van der Waals surface area contributed by atoms with Gasteiger partial charge in [0.2, 0.25) is 0 Å². The van der Waals surface area contributed by atoms with Crippen molar-refractivity contribution in [3.63, 3.8) is 0 Å². The molecule has 2 aromatic rings. The van der Waals surface area contributed by atoms with E-state index in [1.165, 1.54) is 11.4 Å². The van der Waals surface area contributed by atoms with E-state index in [9.17, 15) is 0 Å². The van der Waals surface area contributed by atoms with Gasteiger partial charge in [-0.05, 0) is 30.7 Å². The lowest BCUT2D eigenvalue weighted by atomic mass is 10.3. The Bertz CT molecular complexity index is 376. The highest BCUT2D eigenvalue weighted by atomic mass is 35.5. The fourth-order valence-electron chi connectivity index (χ4n) is 1.67. The fraction of sp³-hybridized carbons (Fsp3) is 0.200. The van der Waals surface area contributed by atoms with Crippen LogP contribution >= 0.6 is 12.4 Å². The van der Waals surface area contributed by atoms with Crippen molar-refractivity contribution in [2.24, 2.45) is 0 Å². The molecular formula is C15H19ClN2. The summed E-state index contributed by atoms with van der Waals surface area (Å²) in [7, 11) is 0. The van der Waals surface area contributed by atoms with Gasteiger partial charge in [-0.3, -0.25) is 0 Å². The molecule has 96 valence electrons. The minimum absolute atomic E-state index is 0. The summed E-state index contributed by atoms with van der Waals surface area (Å²) in [6, 6.07) is 20.6. The summed E-state index contributed by atoms with van der Waals surface area (Å²) in [5, 5.41) is 6.78. The molecule has 0 unspecified atom stereocenters. The van der Waals surface area contributed by atoms with Crippen LogP contribution in [0.3, 0.4) is 0 Å². The second kappa shape index (κ2) is 8.43. The third-order valence-corrected chi connectivity index (χ3v) is 2.56. The maximum Gasteiger partial charge on any atom is 0.0340 e. The van der Waals surface area contributed by atoms with E-state index in [1.54, 1.807) is 0 Å². The van der Waals surface area contributed by atoms with Crippen molar-refractivity contribution >= 4 is 23.8 Å². The van der Waals surface area contributed by atoms with Gasteiger partial charge in [0.25, 0.3) is 0 Å². The third-order valence-electron chi connectivity index (χ3n) is 2.56. The van der Waals surface area contributed by atoms with Gasteiger partial charge >= 0.3 is 0 Å². The molecule has 0 aliphatic rings. The van der Waals surface area contributed by atoms with Crippen molar-refractivity contribution in [2.45, 2.75) is 6.42 Å². The van der Waals surface area contributed by atoms with Crippen LogP contribution < -0.4 is 10.6 Å². The van der Waals surface area contributed by atoms with Crippen molar-refractivity contribution in [3.05, 3.63) is 60.7 Å². The predicted molar refractivity (Wildman–Crippen MR) is 81.7 cm³/mol. The Kier molecular flexibility index (Phi) is 6.74. The van der Waals surface area contributed by atoms with Gasteiger partial charge in [0.1, 0.15) is 0 Å². The summed E-state index contributed by atoms with van der Waals surface area (Å²) in [6.45, 7) is 1.98. The number of hydrogen-bond donors (Lipinski definition) is 2. The summed E-state index contributed by atoms with van der Waals surface area (Å²) < 4.78 is 0. The Morgan fingerprint density at radius 2 is 1.00 bits per heavy atom. The number of nitrogens with one attached hydrogen (secondary N) is 2. The van der Waals surface area contributed by atoms with Crippen LogP contribution in [0.5, 0.6) is 0 Å². The normalized spacial score (nSPS) is 9.33. The van der Waals surface area contributed by atoms with Crippen LogP contribution in [-0.2, 0) is 0 Å². The van der Waals surface area contributed by atoms with Crippen molar-refractivity contribution < 1.29 is 0 Å². The maximum atomic E-state index is 3.39. The number of hydrogen-bond acceptors (Lipinski definition) is 2. The topological polar surface area (TPSA) is 24.1 Å². The quantitative estimate of drug-likeness (QED) is 0.769. The van der Waals surface area contributed by atoms with E-state index in [2.05, 4.69) is 34.9 Å². The Balaban J connectivity index is 0.00000162. The number of para-hydroxylation sites is 2. The van der Waals surface area contributed by atoms with Crippen molar-refractivity contribution in [1.82, 2.24) is 0 Å². The highest BCUT2D eigenvalue weighted by Gasteiger charge is 1.91. The van der Waals surface area contributed by atoms with Gasteiger partial charge in [-0.25, -0.2) is 0 Å². The van der Waals surface area contributed by atoms with Crippen LogP contribution in [0.1, 0.15) is 6.42 Å². The van der Waals surface area contributed by atoms with Crippen molar-refractivity contribution in [3.8, 4) is 0 Å². The second-order valence-electron chi connectivity index (χ2n) is 3.94. The SMILES string of the molecule is Cl.c1ccc(NCCCNc2ccccc2)cc1. The molecular weight excluding hydrogens is 244 g/mol. The first-order valence-corrected chi connectivity index (χ1v) is 6.03. The number of anilines is 2. The van der Waals surface area contributed by atoms with E-state index < -0.39 is 0 Å². The first kappa shape index (κ1) is 14.4. The monoisotopic (exact) mass is 262 g/mol. The molecule has 0 aromatic heterocycles. The summed E-state index contributed by atoms with van der Waals surface area (Å²) in [5.41, 5.74) is 2.37. The minimum atomic E-state index is 0. The van der Waals surface area contributed by atoms with Crippen LogP contribution in [0.15, 0.2) is 60.7 Å². The summed E-state index contributed by atoms with van der Waals surface area (Å²) in [5.74, 6) is 0. The van der Waals surface area contributed by atoms with E-state index in [-0.39, 0.29) is 12.4 Å². The highest BCUT2D eigenvalue weighted by Crippen LogP contribution is 2.06. The Labute approximate surface area is 115 Å². The Morgan fingerprint density at radius 3 is 1.39 bits per heavy atom. The largest absolute Gasteiger partial charge is 0.385 e. The maximum absolute atomic E-state index is 3.39. The van der Waals surface area contributed by atoms with Gasteiger partial charge in [-0.15, -0.1) is 12.4 Å². The lowest BCUT2D eigenvalue weighted by Gasteiger charge is -2.08. The van der Waals surface area contributed by atoms with E-state index in [4.69, 9.17) is 0 Å². The zero-order chi connectivity index (χ0) is 11.8. The molecule has 0 radical (unpaired) electrons. The fourth-order valence-corrected chi connectivity index (χ4v) is 1.67. The van der Waals surface area contributed by atoms with E-state index >= 15 is 0 Å². The van der Waals surface area contributed by atoms with E-state index in [0.29, 0.717) is 0 Å². The van der Waals surface area contributed by atoms with Crippen LogP contribution in [0.4, 0.5) is 11.4 Å². The predicted octanol–water partition coefficient (Wildman–Crippen LogP) is 4.02. The molecule has 0 atom stereocenters. The average molecular weight is 263 g/mol. The van der Waals surface area contributed by atoms with Crippen molar-refractivity contribution in [2.75, 3.05) is 23.7 Å². The first-order chi connectivity index (χ1) is 8.45. The molecule has 0 amide bonds. The number of rotatable bonds is 6. The van der Waals surface area contributed by atoms with Gasteiger partial charge in [0.15, 0.2) is 0 Å². The standard InChI is InChI=1S/C15H18N2.ClH/c1-3-8-14(9-4-1)16-12-7-13-17-15-10-5-2-6-11-15;/h1-6,8-11,16-17H,7,12-13H2;1H. The molecule has 0 heterocycles. The van der Waals surface area contributed by atoms with Gasteiger partial charge in [0, 0.05) is 24.5 Å². The Hall–Kier alpha value is -1.67. The molecule has 0 aliphatic carbocycles. The first-order valence-electron chi connectivity index (χ1n) is 6.03. The molecule has 0 fully saturated rings. The second-order valence-corrected chi connectivity index (χ2v) is 3.94. The molecule has 0 saturated carbocycles. The minimum Gasteiger partial charge on any atom is -0.385 e. The molecule has 3 heteroatoms. The van der Waals surface area contributed by atoms with E-state index in [1.807, 2.05) is 36.4 Å². The molecule has 0 bridgehead atoms. The highest BCUT2D eigenvalue weighted by molar-refractivity contribution is 5.85. The Morgan fingerprint density at radius 1 is 0.611 bits per heavy atom. The van der Waals surface area contributed by atoms with E-state index in [0.717, 1.165) is 19.5 Å². The van der Waals surface area contributed by atoms with Crippen LogP contribution in [-0.4, -0.2) is 13.1 Å².